The minimum absolute atomic E-state index is 0.0247. The number of hydrogen-bond donors (Lipinski definition) is 1. The van der Waals surface area contributed by atoms with Crippen molar-refractivity contribution in [3.8, 4) is 0 Å². The van der Waals surface area contributed by atoms with E-state index in [4.69, 9.17) is 4.42 Å². The normalized spacial score (nSPS) is 12.9. The molecule has 1 unspecified atom stereocenters. The number of thiophene rings is 1. The standard InChI is InChI=1S/C16H16FNOS/c1-2-6-18-16(11-5-7-20-10-11)15-9-12-8-13(17)3-4-14(12)19-15/h3-5,7-10,16,18H,2,6H2,1H3. The Hall–Kier alpha value is -1.65. The lowest BCUT2D eigenvalue weighted by molar-refractivity contribution is 0.470. The van der Waals surface area contributed by atoms with Crippen LogP contribution in [-0.2, 0) is 0 Å². The fourth-order valence-electron chi connectivity index (χ4n) is 2.29. The topological polar surface area (TPSA) is 25.2 Å². The fourth-order valence-corrected chi connectivity index (χ4v) is 2.97. The summed E-state index contributed by atoms with van der Waals surface area (Å²) < 4.78 is 19.1. The van der Waals surface area contributed by atoms with E-state index >= 15 is 0 Å². The van der Waals surface area contributed by atoms with Crippen LogP contribution in [0.2, 0.25) is 0 Å². The molecule has 20 heavy (non-hydrogen) atoms. The summed E-state index contributed by atoms with van der Waals surface area (Å²) >= 11 is 1.66. The van der Waals surface area contributed by atoms with Gasteiger partial charge in [0.25, 0.3) is 0 Å². The zero-order chi connectivity index (χ0) is 13.9. The maximum atomic E-state index is 13.3. The first-order valence-corrected chi connectivity index (χ1v) is 7.66. The van der Waals surface area contributed by atoms with E-state index < -0.39 is 0 Å². The van der Waals surface area contributed by atoms with Gasteiger partial charge in [0.05, 0.1) is 6.04 Å². The van der Waals surface area contributed by atoms with E-state index in [1.807, 2.05) is 6.07 Å². The van der Waals surface area contributed by atoms with E-state index in [0.29, 0.717) is 0 Å². The molecule has 0 saturated heterocycles. The molecule has 0 saturated carbocycles. The molecule has 3 aromatic rings. The van der Waals surface area contributed by atoms with Crippen molar-refractivity contribution in [1.29, 1.82) is 0 Å². The fraction of sp³-hybridized carbons (Fsp3) is 0.250. The molecule has 2 nitrogen and oxygen atoms in total. The first-order valence-electron chi connectivity index (χ1n) is 6.72. The highest BCUT2D eigenvalue weighted by atomic mass is 32.1. The van der Waals surface area contributed by atoms with E-state index in [1.54, 1.807) is 17.4 Å². The van der Waals surface area contributed by atoms with Gasteiger partial charge in [-0.3, -0.25) is 0 Å². The lowest BCUT2D eigenvalue weighted by Gasteiger charge is -2.14. The Bertz CT molecular complexity index is 690. The molecule has 0 aliphatic carbocycles. The highest BCUT2D eigenvalue weighted by molar-refractivity contribution is 7.08. The Morgan fingerprint density at radius 1 is 1.30 bits per heavy atom. The van der Waals surface area contributed by atoms with Gasteiger partial charge in [-0.2, -0.15) is 11.3 Å². The van der Waals surface area contributed by atoms with Crippen molar-refractivity contribution in [2.24, 2.45) is 0 Å². The summed E-state index contributed by atoms with van der Waals surface area (Å²) in [6.07, 6.45) is 1.05. The number of rotatable bonds is 5. The molecular weight excluding hydrogens is 273 g/mol. The van der Waals surface area contributed by atoms with Gasteiger partial charge < -0.3 is 9.73 Å². The van der Waals surface area contributed by atoms with Crippen LogP contribution in [0.3, 0.4) is 0 Å². The number of hydrogen-bond acceptors (Lipinski definition) is 3. The Morgan fingerprint density at radius 3 is 2.95 bits per heavy atom. The largest absolute Gasteiger partial charge is 0.459 e. The number of furan rings is 1. The zero-order valence-electron chi connectivity index (χ0n) is 11.2. The second-order valence-corrected chi connectivity index (χ2v) is 5.55. The van der Waals surface area contributed by atoms with Gasteiger partial charge in [-0.15, -0.1) is 0 Å². The summed E-state index contributed by atoms with van der Waals surface area (Å²) in [6.45, 7) is 3.04. The molecule has 104 valence electrons. The van der Waals surface area contributed by atoms with Crippen LogP contribution in [0.4, 0.5) is 4.39 Å². The average molecular weight is 289 g/mol. The second kappa shape index (κ2) is 5.77. The van der Waals surface area contributed by atoms with E-state index in [9.17, 15) is 4.39 Å². The summed E-state index contributed by atoms with van der Waals surface area (Å²) in [5, 5.41) is 8.45. The molecule has 0 radical (unpaired) electrons. The third-order valence-electron chi connectivity index (χ3n) is 3.26. The van der Waals surface area contributed by atoms with Gasteiger partial charge in [-0.05, 0) is 59.6 Å². The smallest absolute Gasteiger partial charge is 0.134 e. The van der Waals surface area contributed by atoms with Crippen LogP contribution in [0.25, 0.3) is 11.0 Å². The number of halogens is 1. The van der Waals surface area contributed by atoms with Gasteiger partial charge in [0.2, 0.25) is 0 Å². The monoisotopic (exact) mass is 289 g/mol. The van der Waals surface area contributed by atoms with Crippen molar-refractivity contribution in [3.05, 3.63) is 58.2 Å². The van der Waals surface area contributed by atoms with Gasteiger partial charge in [0.1, 0.15) is 17.2 Å². The van der Waals surface area contributed by atoms with Crippen LogP contribution in [0.5, 0.6) is 0 Å². The molecule has 0 aliphatic heterocycles. The molecule has 2 heterocycles. The molecule has 2 aromatic heterocycles. The lowest BCUT2D eigenvalue weighted by atomic mass is 10.1. The quantitative estimate of drug-likeness (QED) is 0.735. The van der Waals surface area contributed by atoms with Crippen molar-refractivity contribution in [2.75, 3.05) is 6.54 Å². The Morgan fingerprint density at radius 2 is 2.20 bits per heavy atom. The minimum Gasteiger partial charge on any atom is -0.459 e. The maximum Gasteiger partial charge on any atom is 0.134 e. The number of fused-ring (bicyclic) bond motifs is 1. The Balaban J connectivity index is 1.99. The van der Waals surface area contributed by atoms with Crippen LogP contribution < -0.4 is 5.32 Å². The number of nitrogens with one attached hydrogen (secondary N) is 1. The predicted octanol–water partition coefficient (Wildman–Crippen LogP) is 4.72. The maximum absolute atomic E-state index is 13.3. The van der Waals surface area contributed by atoms with Crippen LogP contribution in [0.15, 0.2) is 45.5 Å². The van der Waals surface area contributed by atoms with Gasteiger partial charge in [-0.25, -0.2) is 4.39 Å². The average Bonchev–Trinajstić information content (AvgIpc) is 3.08. The van der Waals surface area contributed by atoms with Crippen molar-refractivity contribution in [2.45, 2.75) is 19.4 Å². The van der Waals surface area contributed by atoms with Crippen LogP contribution >= 0.6 is 11.3 Å². The van der Waals surface area contributed by atoms with E-state index in [0.717, 1.165) is 29.7 Å². The molecule has 3 rings (SSSR count). The predicted molar refractivity (Wildman–Crippen MR) is 80.6 cm³/mol. The molecule has 1 aromatic carbocycles. The Labute approximate surface area is 121 Å². The van der Waals surface area contributed by atoms with Crippen molar-refractivity contribution < 1.29 is 8.81 Å². The highest BCUT2D eigenvalue weighted by Crippen LogP contribution is 2.29. The minimum atomic E-state index is -0.238. The molecule has 0 fully saturated rings. The zero-order valence-corrected chi connectivity index (χ0v) is 12.0. The second-order valence-electron chi connectivity index (χ2n) is 4.77. The molecule has 1 atom stereocenters. The molecule has 0 aliphatic rings. The SMILES string of the molecule is CCCNC(c1ccsc1)c1cc2cc(F)ccc2o1. The Kier molecular flexibility index (Phi) is 3.85. The summed E-state index contributed by atoms with van der Waals surface area (Å²) in [6, 6.07) is 8.65. The van der Waals surface area contributed by atoms with Crippen molar-refractivity contribution in [1.82, 2.24) is 5.32 Å². The first-order chi connectivity index (χ1) is 9.78. The van der Waals surface area contributed by atoms with Gasteiger partial charge in [0, 0.05) is 5.39 Å². The third kappa shape index (κ3) is 2.62. The molecule has 0 bridgehead atoms. The van der Waals surface area contributed by atoms with Gasteiger partial charge in [0.15, 0.2) is 0 Å². The van der Waals surface area contributed by atoms with Gasteiger partial charge >= 0.3 is 0 Å². The summed E-state index contributed by atoms with van der Waals surface area (Å²) in [5.41, 5.74) is 1.91. The molecule has 0 amide bonds. The van der Waals surface area contributed by atoms with Crippen LogP contribution in [-0.4, -0.2) is 6.54 Å². The summed E-state index contributed by atoms with van der Waals surface area (Å²) in [5.74, 6) is 0.593. The van der Waals surface area contributed by atoms with Crippen LogP contribution in [0, 0.1) is 5.82 Å². The van der Waals surface area contributed by atoms with Crippen molar-refractivity contribution >= 4 is 22.3 Å². The summed E-state index contributed by atoms with van der Waals surface area (Å²) in [4.78, 5) is 0. The lowest BCUT2D eigenvalue weighted by Crippen LogP contribution is -2.22. The highest BCUT2D eigenvalue weighted by Gasteiger charge is 2.18. The molecule has 1 N–H and O–H groups in total. The van der Waals surface area contributed by atoms with E-state index in [1.165, 1.54) is 17.7 Å². The molecule has 4 heteroatoms. The third-order valence-corrected chi connectivity index (χ3v) is 3.96. The molecular formula is C16H16FNOS. The van der Waals surface area contributed by atoms with Crippen molar-refractivity contribution in [3.63, 3.8) is 0 Å². The first kappa shape index (κ1) is 13.3. The summed E-state index contributed by atoms with van der Waals surface area (Å²) in [7, 11) is 0. The van der Waals surface area contributed by atoms with E-state index in [-0.39, 0.29) is 11.9 Å². The number of benzene rings is 1. The van der Waals surface area contributed by atoms with Crippen LogP contribution in [0.1, 0.15) is 30.7 Å². The van der Waals surface area contributed by atoms with Gasteiger partial charge in [-0.1, -0.05) is 6.92 Å². The molecule has 0 spiro atoms. The van der Waals surface area contributed by atoms with E-state index in [2.05, 4.69) is 29.1 Å².